The van der Waals surface area contributed by atoms with Gasteiger partial charge in [-0.2, -0.15) is 4.98 Å². The molecule has 0 spiro atoms. The van der Waals surface area contributed by atoms with Crippen LogP contribution >= 0.6 is 0 Å². The largest absolute Gasteiger partial charge is 0.381 e. The fourth-order valence-electron chi connectivity index (χ4n) is 0.959. The summed E-state index contributed by atoms with van der Waals surface area (Å²) in [5.74, 6) is -0.544. The number of nitrogens with one attached hydrogen (secondary N) is 1. The third kappa shape index (κ3) is 1.63. The Labute approximate surface area is 79.4 Å². The molecule has 0 aliphatic rings. The summed E-state index contributed by atoms with van der Waals surface area (Å²) >= 11 is 0. The average molecular weight is 193 g/mol. The van der Waals surface area contributed by atoms with Gasteiger partial charge in [0, 0.05) is 12.4 Å². The molecule has 3 N–H and O–H groups in total. The zero-order chi connectivity index (χ0) is 9.97. The van der Waals surface area contributed by atoms with E-state index < -0.39 is 5.82 Å². The number of hydrogen-bond acceptors (Lipinski definition) is 4. The maximum atomic E-state index is 12.7. The van der Waals surface area contributed by atoms with Crippen LogP contribution in [0.5, 0.6) is 0 Å². The van der Waals surface area contributed by atoms with Gasteiger partial charge in [-0.25, -0.2) is 9.37 Å². The minimum atomic E-state index is -0.622. The third-order valence-corrected chi connectivity index (χ3v) is 1.60. The van der Waals surface area contributed by atoms with Gasteiger partial charge >= 0.3 is 0 Å². The van der Waals surface area contributed by atoms with Crippen molar-refractivity contribution in [3.63, 3.8) is 0 Å². The summed E-state index contributed by atoms with van der Waals surface area (Å²) < 4.78 is 14.3. The molecular formula is C8H8FN5. The van der Waals surface area contributed by atoms with Crippen LogP contribution in [0.15, 0.2) is 30.7 Å². The van der Waals surface area contributed by atoms with Crippen molar-refractivity contribution < 1.29 is 4.39 Å². The van der Waals surface area contributed by atoms with Crippen LogP contribution in [0.2, 0.25) is 0 Å². The van der Waals surface area contributed by atoms with Crippen LogP contribution in [0, 0.1) is 5.82 Å². The summed E-state index contributed by atoms with van der Waals surface area (Å²) in [5, 5.41) is 0. The molecule has 0 fully saturated rings. The van der Waals surface area contributed by atoms with Crippen molar-refractivity contribution in [3.05, 3.63) is 36.5 Å². The normalized spacial score (nSPS) is 10.1. The third-order valence-electron chi connectivity index (χ3n) is 1.60. The number of rotatable bonds is 2. The van der Waals surface area contributed by atoms with E-state index in [4.69, 9.17) is 5.73 Å². The molecule has 0 unspecified atom stereocenters. The lowest BCUT2D eigenvalue weighted by atomic mass is 10.6. The number of nitrogen functional groups attached to an aromatic ring is 1. The van der Waals surface area contributed by atoms with Gasteiger partial charge in [0.15, 0.2) is 11.6 Å². The molecule has 0 atom stereocenters. The van der Waals surface area contributed by atoms with Gasteiger partial charge in [-0.3, -0.25) is 10.1 Å². The number of hydrogen-bond donors (Lipinski definition) is 2. The summed E-state index contributed by atoms with van der Waals surface area (Å²) in [6.07, 6.45) is 4.56. The first-order valence-electron chi connectivity index (χ1n) is 3.94. The van der Waals surface area contributed by atoms with Gasteiger partial charge in [0.1, 0.15) is 0 Å². The molecule has 72 valence electrons. The van der Waals surface area contributed by atoms with E-state index in [1.54, 1.807) is 17.1 Å². The van der Waals surface area contributed by atoms with E-state index in [1.165, 1.54) is 0 Å². The predicted octanol–water partition coefficient (Wildman–Crippen LogP) is 0.875. The van der Waals surface area contributed by atoms with E-state index in [2.05, 4.69) is 15.4 Å². The molecule has 0 amide bonds. The van der Waals surface area contributed by atoms with Gasteiger partial charge in [0.05, 0.1) is 6.20 Å². The van der Waals surface area contributed by atoms with Gasteiger partial charge in [0.25, 0.3) is 0 Å². The fraction of sp³-hybridized carbons (Fsp3) is 0. The highest BCUT2D eigenvalue weighted by molar-refractivity contribution is 5.36. The van der Waals surface area contributed by atoms with Crippen LogP contribution in [0.25, 0.3) is 0 Å². The molecule has 0 saturated heterocycles. The molecule has 0 aromatic carbocycles. The predicted molar refractivity (Wildman–Crippen MR) is 49.9 cm³/mol. The SMILES string of the molecule is Nc1nc(Nn2cccc2)ncc1F. The van der Waals surface area contributed by atoms with Crippen LogP contribution in [-0.2, 0) is 0 Å². The van der Waals surface area contributed by atoms with Crippen molar-refractivity contribution in [2.75, 3.05) is 11.2 Å². The second-order valence-corrected chi connectivity index (χ2v) is 2.63. The maximum Gasteiger partial charge on any atom is 0.244 e. The lowest BCUT2D eigenvalue weighted by Crippen LogP contribution is -2.10. The Hall–Kier alpha value is -2.11. The lowest BCUT2D eigenvalue weighted by molar-refractivity contribution is 0.619. The Balaban J connectivity index is 2.22. The number of nitrogens with two attached hydrogens (primary N) is 1. The molecule has 2 aromatic heterocycles. The quantitative estimate of drug-likeness (QED) is 0.742. The number of aromatic nitrogens is 3. The summed E-state index contributed by atoms with van der Waals surface area (Å²) in [6, 6.07) is 3.67. The van der Waals surface area contributed by atoms with Gasteiger partial charge in [-0.1, -0.05) is 0 Å². The zero-order valence-electron chi connectivity index (χ0n) is 7.18. The minimum absolute atomic E-state index is 0.172. The summed E-state index contributed by atoms with van der Waals surface area (Å²) in [5.41, 5.74) is 8.07. The van der Waals surface area contributed by atoms with Crippen molar-refractivity contribution in [2.45, 2.75) is 0 Å². The molecule has 14 heavy (non-hydrogen) atoms. The number of anilines is 2. The lowest BCUT2D eigenvalue weighted by Gasteiger charge is -2.05. The van der Waals surface area contributed by atoms with Gasteiger partial charge in [-0.15, -0.1) is 0 Å². The van der Waals surface area contributed by atoms with E-state index in [9.17, 15) is 4.39 Å². The molecule has 6 heteroatoms. The Morgan fingerprint density at radius 2 is 2.07 bits per heavy atom. The second kappa shape index (κ2) is 3.33. The van der Waals surface area contributed by atoms with E-state index in [0.717, 1.165) is 6.20 Å². The first kappa shape index (κ1) is 8.49. The topological polar surface area (TPSA) is 68.8 Å². The molecule has 2 rings (SSSR count). The standard InChI is InChI=1S/C8H8FN5/c9-6-5-11-8(12-7(6)10)13-14-3-1-2-4-14/h1-5H,(H3,10,11,12,13). The maximum absolute atomic E-state index is 12.7. The Morgan fingerprint density at radius 1 is 1.36 bits per heavy atom. The van der Waals surface area contributed by atoms with Gasteiger partial charge < -0.3 is 5.73 Å². The van der Waals surface area contributed by atoms with Crippen molar-refractivity contribution in [2.24, 2.45) is 0 Å². The molecule has 2 heterocycles. The second-order valence-electron chi connectivity index (χ2n) is 2.63. The van der Waals surface area contributed by atoms with Crippen molar-refractivity contribution >= 4 is 11.8 Å². The van der Waals surface area contributed by atoms with Gasteiger partial charge in [0.2, 0.25) is 5.95 Å². The molecule has 5 nitrogen and oxygen atoms in total. The highest BCUT2D eigenvalue weighted by atomic mass is 19.1. The number of nitrogens with zero attached hydrogens (tertiary/aromatic N) is 3. The summed E-state index contributed by atoms with van der Waals surface area (Å²) in [6.45, 7) is 0. The van der Waals surface area contributed by atoms with Crippen LogP contribution in [-0.4, -0.2) is 14.6 Å². The van der Waals surface area contributed by atoms with Crippen LogP contribution in [0.4, 0.5) is 16.2 Å². The number of halogens is 1. The molecule has 0 radical (unpaired) electrons. The smallest absolute Gasteiger partial charge is 0.244 e. The van der Waals surface area contributed by atoms with Crippen molar-refractivity contribution in [3.8, 4) is 0 Å². The Bertz CT molecular complexity index is 425. The molecule has 2 aromatic rings. The van der Waals surface area contributed by atoms with E-state index >= 15 is 0 Å². The Kier molecular flexibility index (Phi) is 2.02. The molecule has 0 aliphatic heterocycles. The summed E-state index contributed by atoms with van der Waals surface area (Å²) in [4.78, 5) is 7.42. The van der Waals surface area contributed by atoms with Crippen molar-refractivity contribution in [1.82, 2.24) is 14.6 Å². The molecule has 0 saturated carbocycles. The highest BCUT2D eigenvalue weighted by Crippen LogP contribution is 2.07. The van der Waals surface area contributed by atoms with Crippen LogP contribution in [0.1, 0.15) is 0 Å². The molecule has 0 aliphatic carbocycles. The highest BCUT2D eigenvalue weighted by Gasteiger charge is 2.02. The minimum Gasteiger partial charge on any atom is -0.381 e. The van der Waals surface area contributed by atoms with Crippen LogP contribution in [0.3, 0.4) is 0 Å². The van der Waals surface area contributed by atoms with Crippen molar-refractivity contribution in [1.29, 1.82) is 0 Å². The van der Waals surface area contributed by atoms with Crippen LogP contribution < -0.4 is 11.2 Å². The average Bonchev–Trinajstić information content (AvgIpc) is 2.64. The summed E-state index contributed by atoms with van der Waals surface area (Å²) in [7, 11) is 0. The monoisotopic (exact) mass is 193 g/mol. The fourth-order valence-corrected chi connectivity index (χ4v) is 0.959. The Morgan fingerprint density at radius 3 is 2.71 bits per heavy atom. The first-order chi connectivity index (χ1) is 6.75. The zero-order valence-corrected chi connectivity index (χ0v) is 7.18. The van der Waals surface area contributed by atoms with E-state index in [1.807, 2.05) is 12.1 Å². The first-order valence-corrected chi connectivity index (χ1v) is 3.94. The van der Waals surface area contributed by atoms with E-state index in [-0.39, 0.29) is 11.8 Å². The van der Waals surface area contributed by atoms with E-state index in [0.29, 0.717) is 0 Å². The molecule has 0 bridgehead atoms. The molecular weight excluding hydrogens is 185 g/mol. The van der Waals surface area contributed by atoms with Gasteiger partial charge in [-0.05, 0) is 12.1 Å².